The number of fused-ring (bicyclic) bond motifs is 4. The van der Waals surface area contributed by atoms with Crippen molar-refractivity contribution in [3.8, 4) is 0 Å². The Labute approximate surface area is 212 Å². The first-order chi connectivity index (χ1) is 17.8. The van der Waals surface area contributed by atoms with Crippen LogP contribution in [0.3, 0.4) is 0 Å². The van der Waals surface area contributed by atoms with Gasteiger partial charge in [-0.25, -0.2) is 9.97 Å². The lowest BCUT2D eigenvalue weighted by atomic mass is 10.1. The summed E-state index contributed by atoms with van der Waals surface area (Å²) in [4.78, 5) is 47.7. The second kappa shape index (κ2) is 8.31. The average Bonchev–Trinajstić information content (AvgIpc) is 3.27. The molecule has 5 aromatic rings. The van der Waals surface area contributed by atoms with E-state index in [9.17, 15) is 19.7 Å². The molecule has 0 atom stereocenters. The molecule has 6 rings (SSSR count). The van der Waals surface area contributed by atoms with Crippen molar-refractivity contribution in [2.24, 2.45) is 5.10 Å². The minimum absolute atomic E-state index is 0.105. The number of non-ortho nitro benzene ring substituents is 1. The Morgan fingerprint density at radius 2 is 1.78 bits per heavy atom. The number of carbonyl (C=O) groups excluding carboxylic acids is 1. The number of Topliss-reactive ketones (excluding diaryl/α,β-unsaturated/α-hetero) is 1. The van der Waals surface area contributed by atoms with Crippen LogP contribution < -0.4 is 16.0 Å². The summed E-state index contributed by atoms with van der Waals surface area (Å²) in [5.74, 6) is -0.433. The third-order valence-corrected chi connectivity index (χ3v) is 7.00. The summed E-state index contributed by atoms with van der Waals surface area (Å²) in [5, 5.41) is 17.8. The topological polar surface area (TPSA) is 136 Å². The predicted octanol–water partition coefficient (Wildman–Crippen LogP) is 4.42. The zero-order valence-electron chi connectivity index (χ0n) is 19.5. The van der Waals surface area contributed by atoms with E-state index in [1.807, 2.05) is 19.9 Å². The van der Waals surface area contributed by atoms with E-state index in [0.29, 0.717) is 26.3 Å². The average molecular weight is 512 g/mol. The molecule has 1 N–H and O–H groups in total. The zero-order chi connectivity index (χ0) is 25.8. The maximum absolute atomic E-state index is 13.7. The van der Waals surface area contributed by atoms with Gasteiger partial charge in [0.05, 0.1) is 10.6 Å². The summed E-state index contributed by atoms with van der Waals surface area (Å²) >= 11 is 1.23. The number of amidine groups is 1. The summed E-state index contributed by atoms with van der Waals surface area (Å²) in [6, 6.07) is 16.1. The molecule has 12 heteroatoms. The van der Waals surface area contributed by atoms with Gasteiger partial charge in [0.25, 0.3) is 17.2 Å². The maximum atomic E-state index is 13.7. The van der Waals surface area contributed by atoms with Gasteiger partial charge in [0, 0.05) is 28.8 Å². The van der Waals surface area contributed by atoms with E-state index < -0.39 is 16.3 Å². The van der Waals surface area contributed by atoms with Crippen molar-refractivity contribution in [3.05, 3.63) is 98.0 Å². The van der Waals surface area contributed by atoms with Gasteiger partial charge in [-0.2, -0.15) is 9.69 Å². The lowest BCUT2D eigenvalue weighted by Crippen LogP contribution is -2.44. The number of rotatable bonds is 4. The number of aromatic nitrogens is 3. The van der Waals surface area contributed by atoms with Crippen LogP contribution in [0.2, 0.25) is 0 Å². The monoisotopic (exact) mass is 511 g/mol. The van der Waals surface area contributed by atoms with Crippen LogP contribution in [0.15, 0.2) is 70.6 Å². The highest BCUT2D eigenvalue weighted by Gasteiger charge is 2.30. The van der Waals surface area contributed by atoms with Gasteiger partial charge < -0.3 is 0 Å². The standard InChI is InChI=1S/C25H17N7O4S/c1-13-12-14(2)26-23-18(13)19-21(37-23)24(34)31-25(27-19)30(16-8-10-17(11-9-16)32(35)36)28-22(29-31)20(33)15-6-4-3-5-7-15/h3-12H,1-2H3,(H,28,29). The third-order valence-electron chi connectivity index (χ3n) is 5.93. The number of nitro groups is 1. The molecule has 0 aliphatic carbocycles. The molecule has 0 spiro atoms. The van der Waals surface area contributed by atoms with Crippen molar-refractivity contribution in [2.75, 3.05) is 10.4 Å². The summed E-state index contributed by atoms with van der Waals surface area (Å²) < 4.78 is 1.55. The molecule has 182 valence electrons. The van der Waals surface area contributed by atoms with Gasteiger partial charge in [-0.15, -0.1) is 16.4 Å². The van der Waals surface area contributed by atoms with Gasteiger partial charge in [0.15, 0.2) is 0 Å². The molecular weight excluding hydrogens is 494 g/mol. The number of nitrogens with zero attached hydrogens (tertiary/aromatic N) is 6. The highest BCUT2D eigenvalue weighted by Crippen LogP contribution is 2.35. The molecule has 0 bridgehead atoms. The molecule has 0 saturated carbocycles. The number of hydrogen-bond acceptors (Lipinski definition) is 10. The van der Waals surface area contributed by atoms with Crippen molar-refractivity contribution in [1.82, 2.24) is 14.6 Å². The smallest absolute Gasteiger partial charge is 0.285 e. The molecule has 0 amide bonds. The number of aryl methyl sites for hydroxylation is 2. The third kappa shape index (κ3) is 3.62. The number of nitro benzene ring substituents is 1. The lowest BCUT2D eigenvalue weighted by Gasteiger charge is -2.27. The molecule has 3 aromatic heterocycles. The zero-order valence-corrected chi connectivity index (χ0v) is 20.3. The first-order valence-corrected chi connectivity index (χ1v) is 12.0. The summed E-state index contributed by atoms with van der Waals surface area (Å²) in [6.07, 6.45) is 0. The lowest BCUT2D eigenvalue weighted by molar-refractivity contribution is -0.384. The molecule has 4 heterocycles. The SMILES string of the molecule is Cc1cc(C)c2c(n1)sc1c(=O)n3c(nc12)N(c1ccc([N+](=O)[O-])cc1)N=C(C(=O)c1ccccc1)N3. The van der Waals surface area contributed by atoms with Crippen LogP contribution in [0.5, 0.6) is 0 Å². The normalized spacial score (nSPS) is 12.8. The molecule has 0 saturated heterocycles. The molecule has 1 aliphatic heterocycles. The first kappa shape index (κ1) is 22.5. The van der Waals surface area contributed by atoms with Crippen molar-refractivity contribution in [1.29, 1.82) is 0 Å². The van der Waals surface area contributed by atoms with Crippen LogP contribution in [-0.2, 0) is 0 Å². The molecule has 0 unspecified atom stereocenters. The first-order valence-electron chi connectivity index (χ1n) is 11.2. The molecule has 1 aliphatic rings. The molecule has 0 fully saturated rings. The van der Waals surface area contributed by atoms with Gasteiger partial charge in [-0.05, 0) is 37.6 Å². The Hall–Kier alpha value is -4.97. The van der Waals surface area contributed by atoms with Crippen molar-refractivity contribution < 1.29 is 9.72 Å². The minimum Gasteiger partial charge on any atom is -0.285 e. The Balaban J connectivity index is 1.60. The Bertz CT molecular complexity index is 1840. The number of hydrazone groups is 1. The number of hydrogen-bond donors (Lipinski definition) is 1. The number of anilines is 2. The second-order valence-electron chi connectivity index (χ2n) is 8.43. The molecule has 37 heavy (non-hydrogen) atoms. The number of ketones is 1. The van der Waals surface area contributed by atoms with Gasteiger partial charge in [0.1, 0.15) is 15.0 Å². The van der Waals surface area contributed by atoms with Crippen LogP contribution in [0.4, 0.5) is 17.3 Å². The van der Waals surface area contributed by atoms with Crippen molar-refractivity contribution >= 4 is 60.7 Å². The molecule has 11 nitrogen and oxygen atoms in total. The van der Waals surface area contributed by atoms with Gasteiger partial charge in [-0.1, -0.05) is 30.3 Å². The molecular formula is C25H17N7O4S. The summed E-state index contributed by atoms with van der Waals surface area (Å²) in [5.41, 5.74) is 5.30. The number of nitrogens with one attached hydrogen (secondary N) is 1. The van der Waals surface area contributed by atoms with Gasteiger partial charge in [-0.3, -0.25) is 25.1 Å². The molecule has 0 radical (unpaired) electrons. The number of benzene rings is 2. The predicted molar refractivity (Wildman–Crippen MR) is 141 cm³/mol. The number of carbonyl (C=O) groups is 1. The van der Waals surface area contributed by atoms with E-state index in [4.69, 9.17) is 4.98 Å². The molecule has 2 aromatic carbocycles. The Morgan fingerprint density at radius 1 is 1.05 bits per heavy atom. The summed E-state index contributed by atoms with van der Waals surface area (Å²) in [7, 11) is 0. The fourth-order valence-corrected chi connectivity index (χ4v) is 5.41. The largest absolute Gasteiger partial charge is 0.292 e. The van der Waals surface area contributed by atoms with E-state index in [0.717, 1.165) is 16.6 Å². The van der Waals surface area contributed by atoms with E-state index in [2.05, 4.69) is 15.5 Å². The number of thiophene rings is 1. The van der Waals surface area contributed by atoms with Crippen LogP contribution in [-0.4, -0.2) is 31.2 Å². The number of pyridine rings is 1. The quantitative estimate of drug-likeness (QED) is 0.213. The fraction of sp³-hybridized carbons (Fsp3) is 0.0800. The van der Waals surface area contributed by atoms with E-state index >= 15 is 0 Å². The van der Waals surface area contributed by atoms with Crippen LogP contribution in [0.1, 0.15) is 21.6 Å². The van der Waals surface area contributed by atoms with Gasteiger partial charge in [0.2, 0.25) is 11.6 Å². The summed E-state index contributed by atoms with van der Waals surface area (Å²) in [6.45, 7) is 3.82. The van der Waals surface area contributed by atoms with E-state index in [1.54, 1.807) is 30.3 Å². The van der Waals surface area contributed by atoms with E-state index in [-0.39, 0.29) is 17.5 Å². The Morgan fingerprint density at radius 3 is 2.49 bits per heavy atom. The second-order valence-corrected chi connectivity index (χ2v) is 9.43. The van der Waals surface area contributed by atoms with Crippen LogP contribution in [0, 0.1) is 24.0 Å². The van der Waals surface area contributed by atoms with Crippen molar-refractivity contribution in [3.63, 3.8) is 0 Å². The fourth-order valence-electron chi connectivity index (χ4n) is 4.24. The minimum atomic E-state index is -0.509. The van der Waals surface area contributed by atoms with Crippen molar-refractivity contribution in [2.45, 2.75) is 13.8 Å². The van der Waals surface area contributed by atoms with Crippen LogP contribution >= 0.6 is 11.3 Å². The highest BCUT2D eigenvalue weighted by atomic mass is 32.1. The Kier molecular flexibility index (Phi) is 5.05. The van der Waals surface area contributed by atoms with E-state index in [1.165, 1.54) is 45.3 Å². The van der Waals surface area contributed by atoms with Crippen LogP contribution in [0.25, 0.3) is 20.4 Å². The highest BCUT2D eigenvalue weighted by molar-refractivity contribution is 7.25. The van der Waals surface area contributed by atoms with Gasteiger partial charge >= 0.3 is 0 Å². The maximum Gasteiger partial charge on any atom is 0.292 e.